The molecule has 0 saturated heterocycles. The summed E-state index contributed by atoms with van der Waals surface area (Å²) in [5, 5.41) is 0. The van der Waals surface area contributed by atoms with Gasteiger partial charge >= 0.3 is 0 Å². The van der Waals surface area contributed by atoms with Gasteiger partial charge in [-0.25, -0.2) is 0 Å². The summed E-state index contributed by atoms with van der Waals surface area (Å²) in [6.07, 6.45) is 1.71. The molecule has 0 N–H and O–H groups in total. The van der Waals surface area contributed by atoms with Crippen LogP contribution in [-0.4, -0.2) is 25.7 Å². The van der Waals surface area contributed by atoms with Crippen LogP contribution in [0.5, 0.6) is 0 Å². The number of fused-ring (bicyclic) bond motifs is 1. The Morgan fingerprint density at radius 1 is 1.47 bits per heavy atom. The van der Waals surface area contributed by atoms with Crippen LogP contribution in [0.4, 0.5) is 5.69 Å². The fourth-order valence-corrected chi connectivity index (χ4v) is 2.28. The van der Waals surface area contributed by atoms with Gasteiger partial charge in [-0.3, -0.25) is 4.79 Å². The predicted molar refractivity (Wildman–Crippen MR) is 68.3 cm³/mol. The van der Waals surface area contributed by atoms with Gasteiger partial charge in [0, 0.05) is 19.3 Å². The van der Waals surface area contributed by atoms with Crippen molar-refractivity contribution in [3.63, 3.8) is 0 Å². The van der Waals surface area contributed by atoms with E-state index in [-0.39, 0.29) is 12.0 Å². The van der Waals surface area contributed by atoms with Gasteiger partial charge in [0.25, 0.3) is 5.91 Å². The van der Waals surface area contributed by atoms with Gasteiger partial charge in [0.05, 0.1) is 0 Å². The van der Waals surface area contributed by atoms with Crippen molar-refractivity contribution < 1.29 is 9.53 Å². The zero-order valence-electron chi connectivity index (χ0n) is 10.7. The molecule has 0 bridgehead atoms. The molecule has 1 aromatic rings. The molecule has 17 heavy (non-hydrogen) atoms. The number of hydrogen-bond acceptors (Lipinski definition) is 2. The van der Waals surface area contributed by atoms with Crippen LogP contribution in [0.3, 0.4) is 0 Å². The molecule has 92 valence electrons. The first-order valence-corrected chi connectivity index (χ1v) is 6.07. The molecule has 1 amide bonds. The van der Waals surface area contributed by atoms with Gasteiger partial charge in [0.1, 0.15) is 6.10 Å². The largest absolute Gasteiger partial charge is 0.372 e. The molecular formula is C14H19NO2. The molecule has 3 nitrogen and oxygen atoms in total. The van der Waals surface area contributed by atoms with Gasteiger partial charge < -0.3 is 9.64 Å². The lowest BCUT2D eigenvalue weighted by Gasteiger charge is -2.31. The molecule has 0 aromatic heterocycles. The molecule has 0 radical (unpaired) electrons. The quantitative estimate of drug-likeness (QED) is 0.784. The number of carbonyl (C=O) groups excluding carboxylic acids is 1. The average molecular weight is 233 g/mol. The van der Waals surface area contributed by atoms with Gasteiger partial charge in [-0.1, -0.05) is 17.7 Å². The lowest BCUT2D eigenvalue weighted by molar-refractivity contribution is -0.127. The van der Waals surface area contributed by atoms with Crippen molar-refractivity contribution in [3.05, 3.63) is 29.3 Å². The summed E-state index contributed by atoms with van der Waals surface area (Å²) in [6.45, 7) is 4.67. The molecule has 1 aliphatic rings. The Morgan fingerprint density at radius 3 is 2.94 bits per heavy atom. The molecule has 1 heterocycles. The van der Waals surface area contributed by atoms with E-state index >= 15 is 0 Å². The Morgan fingerprint density at radius 2 is 2.24 bits per heavy atom. The summed E-state index contributed by atoms with van der Waals surface area (Å²) in [6, 6.07) is 6.28. The van der Waals surface area contributed by atoms with E-state index in [1.54, 1.807) is 14.0 Å². The molecule has 2 rings (SSSR count). The molecule has 0 fully saturated rings. The first kappa shape index (κ1) is 12.1. The van der Waals surface area contributed by atoms with Crippen LogP contribution < -0.4 is 4.90 Å². The Hall–Kier alpha value is -1.35. The maximum absolute atomic E-state index is 12.2. The van der Waals surface area contributed by atoms with Gasteiger partial charge in [0.15, 0.2) is 0 Å². The zero-order chi connectivity index (χ0) is 12.4. The minimum atomic E-state index is -0.373. The number of rotatable bonds is 2. The van der Waals surface area contributed by atoms with E-state index in [2.05, 4.69) is 19.1 Å². The Bertz CT molecular complexity index is 428. The number of amides is 1. The first-order valence-electron chi connectivity index (χ1n) is 6.07. The third-order valence-electron chi connectivity index (χ3n) is 3.32. The second-order valence-corrected chi connectivity index (χ2v) is 4.60. The van der Waals surface area contributed by atoms with Crippen molar-refractivity contribution in [2.24, 2.45) is 0 Å². The van der Waals surface area contributed by atoms with Crippen LogP contribution in [0.1, 0.15) is 24.5 Å². The van der Waals surface area contributed by atoms with Gasteiger partial charge in [-0.2, -0.15) is 0 Å². The molecule has 1 atom stereocenters. The second-order valence-electron chi connectivity index (χ2n) is 4.60. The molecule has 1 unspecified atom stereocenters. The SMILES string of the molecule is COC(C)C(=O)N1CCCc2cc(C)ccc21. The Kier molecular flexibility index (Phi) is 3.48. The summed E-state index contributed by atoms with van der Waals surface area (Å²) < 4.78 is 5.11. The number of benzene rings is 1. The Balaban J connectivity index is 2.31. The Labute approximate surface area is 102 Å². The monoisotopic (exact) mass is 233 g/mol. The number of nitrogens with zero attached hydrogens (tertiary/aromatic N) is 1. The number of aryl methyl sites for hydroxylation is 2. The van der Waals surface area contributed by atoms with E-state index in [1.165, 1.54) is 11.1 Å². The summed E-state index contributed by atoms with van der Waals surface area (Å²) in [5.41, 5.74) is 3.57. The van der Waals surface area contributed by atoms with Crippen LogP contribution in [0.25, 0.3) is 0 Å². The summed E-state index contributed by atoms with van der Waals surface area (Å²) in [4.78, 5) is 14.0. The fraction of sp³-hybridized carbons (Fsp3) is 0.500. The second kappa shape index (κ2) is 4.88. The highest BCUT2D eigenvalue weighted by Crippen LogP contribution is 2.28. The van der Waals surface area contributed by atoms with Crippen molar-refractivity contribution in [3.8, 4) is 0 Å². The average Bonchev–Trinajstić information content (AvgIpc) is 2.35. The molecule has 1 aromatic carbocycles. The molecule has 3 heteroatoms. The van der Waals surface area contributed by atoms with E-state index in [4.69, 9.17) is 4.74 Å². The number of ether oxygens (including phenoxy) is 1. The van der Waals surface area contributed by atoms with Crippen molar-refractivity contribution in [2.75, 3.05) is 18.6 Å². The first-order chi connectivity index (χ1) is 8.13. The molecule has 0 aliphatic carbocycles. The minimum absolute atomic E-state index is 0.0531. The van der Waals surface area contributed by atoms with Crippen molar-refractivity contribution in [2.45, 2.75) is 32.8 Å². The number of hydrogen-bond donors (Lipinski definition) is 0. The van der Waals surface area contributed by atoms with Crippen molar-refractivity contribution in [1.82, 2.24) is 0 Å². The topological polar surface area (TPSA) is 29.5 Å². The number of carbonyl (C=O) groups is 1. The maximum Gasteiger partial charge on any atom is 0.255 e. The third-order valence-corrected chi connectivity index (χ3v) is 3.32. The fourth-order valence-electron chi connectivity index (χ4n) is 2.28. The summed E-state index contributed by atoms with van der Waals surface area (Å²) in [7, 11) is 1.57. The van der Waals surface area contributed by atoms with E-state index in [9.17, 15) is 4.79 Å². The number of anilines is 1. The van der Waals surface area contributed by atoms with Gasteiger partial charge in [0.2, 0.25) is 0 Å². The third kappa shape index (κ3) is 2.34. The summed E-state index contributed by atoms with van der Waals surface area (Å²) >= 11 is 0. The normalized spacial score (nSPS) is 16.5. The van der Waals surface area contributed by atoms with Crippen LogP contribution in [0.2, 0.25) is 0 Å². The highest BCUT2D eigenvalue weighted by atomic mass is 16.5. The predicted octanol–water partition coefficient (Wildman–Crippen LogP) is 2.31. The van der Waals surface area contributed by atoms with Gasteiger partial charge in [-0.05, 0) is 38.3 Å². The molecular weight excluding hydrogens is 214 g/mol. The lowest BCUT2D eigenvalue weighted by atomic mass is 9.99. The van der Waals surface area contributed by atoms with Crippen LogP contribution >= 0.6 is 0 Å². The van der Waals surface area contributed by atoms with E-state index < -0.39 is 0 Å². The van der Waals surface area contributed by atoms with E-state index in [0.29, 0.717) is 0 Å². The van der Waals surface area contributed by atoms with Crippen LogP contribution in [-0.2, 0) is 16.0 Å². The number of methoxy groups -OCH3 is 1. The molecule has 1 aliphatic heterocycles. The van der Waals surface area contributed by atoms with E-state index in [0.717, 1.165) is 25.1 Å². The minimum Gasteiger partial charge on any atom is -0.372 e. The van der Waals surface area contributed by atoms with Crippen LogP contribution in [0.15, 0.2) is 18.2 Å². The van der Waals surface area contributed by atoms with Crippen molar-refractivity contribution >= 4 is 11.6 Å². The molecule has 0 saturated carbocycles. The highest BCUT2D eigenvalue weighted by molar-refractivity contribution is 5.97. The standard InChI is InChI=1S/C14H19NO2/c1-10-6-7-13-12(9-10)5-4-8-15(13)14(16)11(2)17-3/h6-7,9,11H,4-5,8H2,1-3H3. The van der Waals surface area contributed by atoms with Gasteiger partial charge in [-0.15, -0.1) is 0 Å². The highest BCUT2D eigenvalue weighted by Gasteiger charge is 2.25. The van der Waals surface area contributed by atoms with Crippen molar-refractivity contribution in [1.29, 1.82) is 0 Å². The smallest absolute Gasteiger partial charge is 0.255 e. The molecule has 0 spiro atoms. The maximum atomic E-state index is 12.2. The summed E-state index contributed by atoms with van der Waals surface area (Å²) in [5.74, 6) is 0.0531. The van der Waals surface area contributed by atoms with E-state index in [1.807, 2.05) is 11.0 Å². The lowest BCUT2D eigenvalue weighted by Crippen LogP contribution is -2.41. The van der Waals surface area contributed by atoms with Crippen LogP contribution in [0, 0.1) is 6.92 Å². The zero-order valence-corrected chi connectivity index (χ0v) is 10.7.